The van der Waals surface area contributed by atoms with Crippen molar-refractivity contribution >= 4 is 11.7 Å². The van der Waals surface area contributed by atoms with Crippen LogP contribution in [0.2, 0.25) is 0 Å². The van der Waals surface area contributed by atoms with Gasteiger partial charge in [-0.1, -0.05) is 12.1 Å². The monoisotopic (exact) mass is 289 g/mol. The minimum atomic E-state index is -1.19. The maximum Gasteiger partial charge on any atom is 0.335 e. The smallest absolute Gasteiger partial charge is 0.335 e. The van der Waals surface area contributed by atoms with Gasteiger partial charge in [-0.2, -0.15) is 0 Å². The molecule has 2 rings (SSSR count). The van der Waals surface area contributed by atoms with Gasteiger partial charge in [-0.15, -0.1) is 0 Å². The Balaban J connectivity index is 2.14. The van der Waals surface area contributed by atoms with Gasteiger partial charge in [-0.05, 0) is 17.7 Å². The Morgan fingerprint density at radius 1 is 1.24 bits per heavy atom. The SMILES string of the molecule is O=C(O)c1cc(O)cc(OCc2cccc([N+](=O)[O-])c2)c1. The van der Waals surface area contributed by atoms with E-state index < -0.39 is 10.9 Å². The summed E-state index contributed by atoms with van der Waals surface area (Å²) in [4.78, 5) is 21.0. The van der Waals surface area contributed by atoms with Crippen LogP contribution < -0.4 is 4.74 Å². The molecular formula is C14H11NO6. The van der Waals surface area contributed by atoms with Crippen molar-refractivity contribution in [2.45, 2.75) is 6.61 Å². The van der Waals surface area contributed by atoms with Crippen molar-refractivity contribution in [1.82, 2.24) is 0 Å². The molecule has 0 aromatic heterocycles. The summed E-state index contributed by atoms with van der Waals surface area (Å²) in [5, 5.41) is 29.0. The molecule has 0 spiro atoms. The molecule has 0 aliphatic rings. The van der Waals surface area contributed by atoms with E-state index in [2.05, 4.69) is 0 Å². The van der Waals surface area contributed by atoms with Gasteiger partial charge < -0.3 is 14.9 Å². The van der Waals surface area contributed by atoms with Crippen molar-refractivity contribution in [1.29, 1.82) is 0 Å². The van der Waals surface area contributed by atoms with E-state index >= 15 is 0 Å². The summed E-state index contributed by atoms with van der Waals surface area (Å²) in [5.74, 6) is -1.26. The van der Waals surface area contributed by atoms with Crippen LogP contribution in [0.5, 0.6) is 11.5 Å². The molecule has 0 saturated carbocycles. The lowest BCUT2D eigenvalue weighted by molar-refractivity contribution is -0.384. The quantitative estimate of drug-likeness (QED) is 0.646. The van der Waals surface area contributed by atoms with E-state index in [1.165, 1.54) is 30.3 Å². The second-order valence-corrected chi connectivity index (χ2v) is 4.24. The molecule has 0 heterocycles. The van der Waals surface area contributed by atoms with Crippen LogP contribution in [0, 0.1) is 10.1 Å². The lowest BCUT2D eigenvalue weighted by Gasteiger charge is -2.08. The average Bonchev–Trinajstić information content (AvgIpc) is 2.45. The third kappa shape index (κ3) is 3.69. The Bertz CT molecular complexity index is 698. The number of hydrogen-bond donors (Lipinski definition) is 2. The molecule has 2 aromatic carbocycles. The van der Waals surface area contributed by atoms with E-state index in [1.807, 2.05) is 0 Å². The number of benzene rings is 2. The number of nitro groups is 1. The fraction of sp³-hybridized carbons (Fsp3) is 0.0714. The highest BCUT2D eigenvalue weighted by molar-refractivity contribution is 5.88. The van der Waals surface area contributed by atoms with E-state index in [4.69, 9.17) is 9.84 Å². The first-order chi connectivity index (χ1) is 9.95. The molecule has 21 heavy (non-hydrogen) atoms. The van der Waals surface area contributed by atoms with E-state index in [9.17, 15) is 20.0 Å². The van der Waals surface area contributed by atoms with Gasteiger partial charge in [-0.25, -0.2) is 4.79 Å². The van der Waals surface area contributed by atoms with Crippen LogP contribution >= 0.6 is 0 Å². The van der Waals surface area contributed by atoms with Crippen molar-refractivity contribution in [2.75, 3.05) is 0 Å². The maximum absolute atomic E-state index is 10.9. The first-order valence-corrected chi connectivity index (χ1v) is 5.89. The fourth-order valence-corrected chi connectivity index (χ4v) is 1.72. The van der Waals surface area contributed by atoms with Crippen molar-refractivity contribution in [3.05, 3.63) is 63.7 Å². The van der Waals surface area contributed by atoms with Crippen LogP contribution in [0.15, 0.2) is 42.5 Å². The van der Waals surface area contributed by atoms with Gasteiger partial charge in [0.05, 0.1) is 10.5 Å². The highest BCUT2D eigenvalue weighted by Crippen LogP contribution is 2.23. The minimum absolute atomic E-state index is 0.0180. The number of hydrogen-bond acceptors (Lipinski definition) is 5. The normalized spacial score (nSPS) is 10.1. The van der Waals surface area contributed by atoms with Crippen LogP contribution in [0.25, 0.3) is 0 Å². The van der Waals surface area contributed by atoms with E-state index in [0.717, 1.165) is 6.07 Å². The van der Waals surface area contributed by atoms with Gasteiger partial charge >= 0.3 is 5.97 Å². The predicted octanol–water partition coefficient (Wildman–Crippen LogP) is 2.58. The lowest BCUT2D eigenvalue weighted by atomic mass is 10.2. The summed E-state index contributed by atoms with van der Waals surface area (Å²) in [7, 11) is 0. The van der Waals surface area contributed by atoms with Crippen molar-refractivity contribution in [3.63, 3.8) is 0 Å². The van der Waals surface area contributed by atoms with Crippen molar-refractivity contribution < 1.29 is 24.7 Å². The molecule has 0 saturated heterocycles. The third-order valence-corrected chi connectivity index (χ3v) is 2.67. The zero-order valence-electron chi connectivity index (χ0n) is 10.7. The van der Waals surface area contributed by atoms with E-state index in [0.29, 0.717) is 5.56 Å². The molecule has 0 aliphatic carbocycles. The number of rotatable bonds is 5. The van der Waals surface area contributed by atoms with Crippen LogP contribution in [0.1, 0.15) is 15.9 Å². The molecule has 0 aliphatic heterocycles. The number of carbonyl (C=O) groups is 1. The number of phenolic OH excluding ortho intramolecular Hbond substituents is 1. The standard InChI is InChI=1S/C14H11NO6/c16-12-5-10(14(17)18)6-13(7-12)21-8-9-2-1-3-11(4-9)15(19)20/h1-7,16H,8H2,(H,17,18). The van der Waals surface area contributed by atoms with Crippen molar-refractivity contribution in [2.24, 2.45) is 0 Å². The lowest BCUT2D eigenvalue weighted by Crippen LogP contribution is -2.00. The van der Waals surface area contributed by atoms with Gasteiger partial charge in [0.25, 0.3) is 5.69 Å². The Hall–Kier alpha value is -3.09. The highest BCUT2D eigenvalue weighted by atomic mass is 16.6. The van der Waals surface area contributed by atoms with Crippen LogP contribution in [0.4, 0.5) is 5.69 Å². The second kappa shape index (κ2) is 5.91. The summed E-state index contributed by atoms with van der Waals surface area (Å²) < 4.78 is 5.35. The Labute approximate surface area is 119 Å². The summed E-state index contributed by atoms with van der Waals surface area (Å²) >= 11 is 0. The zero-order chi connectivity index (χ0) is 15.4. The number of carboxylic acid groups (broad SMARTS) is 1. The average molecular weight is 289 g/mol. The molecule has 0 radical (unpaired) electrons. The number of phenols is 1. The molecular weight excluding hydrogens is 278 g/mol. The first-order valence-electron chi connectivity index (χ1n) is 5.89. The van der Waals surface area contributed by atoms with Crippen LogP contribution in [-0.4, -0.2) is 21.1 Å². The fourth-order valence-electron chi connectivity index (χ4n) is 1.72. The summed E-state index contributed by atoms with van der Waals surface area (Å²) in [5.41, 5.74) is 0.395. The molecule has 7 heteroatoms. The molecule has 0 amide bonds. The van der Waals surface area contributed by atoms with Gasteiger partial charge in [0.15, 0.2) is 0 Å². The summed E-state index contributed by atoms with van der Waals surface area (Å²) in [6.45, 7) is 0.0180. The minimum Gasteiger partial charge on any atom is -0.508 e. The topological polar surface area (TPSA) is 110 Å². The van der Waals surface area contributed by atoms with Crippen LogP contribution in [-0.2, 0) is 6.61 Å². The van der Waals surface area contributed by atoms with Crippen molar-refractivity contribution in [3.8, 4) is 11.5 Å². The van der Waals surface area contributed by atoms with Gasteiger partial charge in [0.2, 0.25) is 0 Å². The molecule has 0 fully saturated rings. The second-order valence-electron chi connectivity index (χ2n) is 4.24. The van der Waals surface area contributed by atoms with Crippen LogP contribution in [0.3, 0.4) is 0 Å². The first kappa shape index (κ1) is 14.3. The molecule has 7 nitrogen and oxygen atoms in total. The molecule has 0 atom stereocenters. The number of aromatic carboxylic acids is 1. The van der Waals surface area contributed by atoms with E-state index in [-0.39, 0.29) is 29.4 Å². The predicted molar refractivity (Wildman–Crippen MR) is 72.5 cm³/mol. The van der Waals surface area contributed by atoms with Gasteiger partial charge in [0.1, 0.15) is 18.1 Å². The van der Waals surface area contributed by atoms with Gasteiger partial charge in [0, 0.05) is 18.2 Å². The molecule has 0 bridgehead atoms. The number of carboxylic acids is 1. The Morgan fingerprint density at radius 2 is 2.00 bits per heavy atom. The molecule has 0 unspecified atom stereocenters. The number of ether oxygens (including phenoxy) is 1. The number of nitro benzene ring substituents is 1. The number of aromatic hydroxyl groups is 1. The Morgan fingerprint density at radius 3 is 2.67 bits per heavy atom. The molecule has 2 N–H and O–H groups in total. The molecule has 2 aromatic rings. The molecule has 108 valence electrons. The summed E-state index contributed by atoms with van der Waals surface area (Å²) in [6.07, 6.45) is 0. The highest BCUT2D eigenvalue weighted by Gasteiger charge is 2.09. The summed E-state index contributed by atoms with van der Waals surface area (Å²) in [6, 6.07) is 9.53. The Kier molecular flexibility index (Phi) is 4.03. The maximum atomic E-state index is 10.9. The zero-order valence-corrected chi connectivity index (χ0v) is 10.7. The largest absolute Gasteiger partial charge is 0.508 e. The number of non-ortho nitro benzene ring substituents is 1. The third-order valence-electron chi connectivity index (χ3n) is 2.67. The van der Waals surface area contributed by atoms with E-state index in [1.54, 1.807) is 6.07 Å². The number of nitrogens with zero attached hydrogens (tertiary/aromatic N) is 1. The van der Waals surface area contributed by atoms with Gasteiger partial charge in [-0.3, -0.25) is 10.1 Å².